The van der Waals surface area contributed by atoms with Gasteiger partial charge in [0.1, 0.15) is 6.10 Å². The summed E-state index contributed by atoms with van der Waals surface area (Å²) in [6.45, 7) is 0.534. The van der Waals surface area contributed by atoms with Crippen LogP contribution >= 0.6 is 0 Å². The molecule has 2 fully saturated rings. The van der Waals surface area contributed by atoms with Crippen LogP contribution in [0.5, 0.6) is 0 Å². The number of hydrogen-bond acceptors (Lipinski definition) is 7. The highest BCUT2D eigenvalue weighted by Gasteiger charge is 2.40. The van der Waals surface area contributed by atoms with Gasteiger partial charge in [-0.3, -0.25) is 9.69 Å². The second-order valence-electron chi connectivity index (χ2n) is 7.86. The summed E-state index contributed by atoms with van der Waals surface area (Å²) in [5.74, 6) is -2.32. The van der Waals surface area contributed by atoms with Crippen LogP contribution in [0.3, 0.4) is 0 Å². The zero-order chi connectivity index (χ0) is 22.8. The number of hydrogen-bond donors (Lipinski definition) is 1. The molecule has 10 nitrogen and oxygen atoms in total. The van der Waals surface area contributed by atoms with Crippen molar-refractivity contribution in [2.45, 2.75) is 31.8 Å². The van der Waals surface area contributed by atoms with E-state index in [-0.39, 0.29) is 54.3 Å². The van der Waals surface area contributed by atoms with Crippen LogP contribution in [-0.4, -0.2) is 61.6 Å². The maximum atomic E-state index is 15.0. The van der Waals surface area contributed by atoms with E-state index in [0.29, 0.717) is 12.8 Å². The number of carbonyl (C=O) groups is 2. The third-order valence-electron chi connectivity index (χ3n) is 5.76. The Kier molecular flexibility index (Phi) is 6.49. The van der Waals surface area contributed by atoms with Crippen LogP contribution in [-0.2, 0) is 19.6 Å². The number of carboxylic acid groups (broad SMARTS) is 1. The minimum atomic E-state index is -4.44. The molecule has 168 valence electrons. The van der Waals surface area contributed by atoms with Crippen LogP contribution in [0.25, 0.3) is 0 Å². The molecule has 0 spiro atoms. The van der Waals surface area contributed by atoms with Crippen molar-refractivity contribution in [2.24, 2.45) is 5.92 Å². The zero-order valence-electron chi connectivity index (χ0n) is 16.6. The number of quaternary nitrogens is 1. The molecule has 1 atom stereocenters. The molecule has 12 heteroatoms. The molecule has 0 aromatic heterocycles. The monoisotopic (exact) mass is 455 g/mol. The number of carbonyl (C=O) groups excluding carboxylic acids is 1. The Morgan fingerprint density at radius 2 is 2.06 bits per heavy atom. The van der Waals surface area contributed by atoms with Crippen LogP contribution in [0.4, 0.5) is 20.6 Å². The van der Waals surface area contributed by atoms with E-state index in [0.717, 1.165) is 11.0 Å². The van der Waals surface area contributed by atoms with Gasteiger partial charge in [-0.1, -0.05) is 0 Å². The summed E-state index contributed by atoms with van der Waals surface area (Å²) in [5.41, 5.74) is 0.331. The van der Waals surface area contributed by atoms with Crippen LogP contribution in [0, 0.1) is 23.2 Å². The first-order chi connectivity index (χ1) is 14.5. The minimum Gasteiger partial charge on any atom is -0.748 e. The van der Waals surface area contributed by atoms with Crippen molar-refractivity contribution in [1.82, 2.24) is 4.48 Å². The molecule has 3 rings (SSSR count). The fourth-order valence-electron chi connectivity index (χ4n) is 4.08. The highest BCUT2D eigenvalue weighted by molar-refractivity contribution is 7.85. The smallest absolute Gasteiger partial charge is 0.414 e. The molecule has 2 saturated heterocycles. The van der Waals surface area contributed by atoms with Gasteiger partial charge in [-0.05, 0) is 18.4 Å². The lowest BCUT2D eigenvalue weighted by molar-refractivity contribution is -0.138. The summed E-state index contributed by atoms with van der Waals surface area (Å²) in [5, 5.41) is 18.7. The van der Waals surface area contributed by atoms with E-state index in [1.165, 1.54) is 12.1 Å². The first-order valence-corrected chi connectivity index (χ1v) is 11.3. The van der Waals surface area contributed by atoms with Crippen LogP contribution in [0.2, 0.25) is 0 Å². The lowest BCUT2D eigenvalue weighted by atomic mass is 9.91. The van der Waals surface area contributed by atoms with Crippen LogP contribution in [0.15, 0.2) is 18.2 Å². The number of nitriles is 1. The number of ether oxygens (including phenoxy) is 1. The van der Waals surface area contributed by atoms with E-state index in [2.05, 4.69) is 6.19 Å². The molecule has 1 N–H and O–H groups in total. The third kappa shape index (κ3) is 5.30. The zero-order valence-corrected chi connectivity index (χ0v) is 17.4. The third-order valence-corrected chi connectivity index (χ3v) is 6.50. The predicted molar refractivity (Wildman–Crippen MR) is 105 cm³/mol. The molecule has 2 aliphatic heterocycles. The van der Waals surface area contributed by atoms with Crippen molar-refractivity contribution in [1.29, 1.82) is 5.26 Å². The fourth-order valence-corrected chi connectivity index (χ4v) is 4.63. The number of anilines is 1. The summed E-state index contributed by atoms with van der Waals surface area (Å²) in [6.07, 6.45) is 1.38. The van der Waals surface area contributed by atoms with Crippen LogP contribution in [0.1, 0.15) is 25.7 Å². The maximum absolute atomic E-state index is 15.0. The molecule has 1 aromatic rings. The highest BCUT2D eigenvalue weighted by Crippen LogP contribution is 2.36. The number of amides is 1. The number of cyclic esters (lactones) is 1. The fraction of sp³-hybridized carbons (Fsp3) is 0.526. The molecule has 1 aromatic carbocycles. The second-order valence-corrected chi connectivity index (χ2v) is 9.38. The van der Waals surface area contributed by atoms with Gasteiger partial charge in [0.2, 0.25) is 0 Å². The van der Waals surface area contributed by atoms with Crippen molar-refractivity contribution in [3.8, 4) is 6.19 Å². The molecule has 0 unspecified atom stereocenters. The summed E-state index contributed by atoms with van der Waals surface area (Å²) >= 11 is 0. The number of aliphatic carboxylic acids is 1. The lowest BCUT2D eigenvalue weighted by Crippen LogP contribution is -2.51. The molecule has 0 bridgehead atoms. The molecular weight excluding hydrogens is 433 g/mol. The Hall–Kier alpha value is -2.75. The van der Waals surface area contributed by atoms with Crippen molar-refractivity contribution in [3.63, 3.8) is 0 Å². The number of benzene rings is 1. The Bertz CT molecular complexity index is 1020. The Balaban J connectivity index is 1.73. The van der Waals surface area contributed by atoms with Crippen molar-refractivity contribution in [3.05, 3.63) is 24.0 Å². The van der Waals surface area contributed by atoms with Gasteiger partial charge in [0.15, 0.2) is 11.5 Å². The van der Waals surface area contributed by atoms with Crippen LogP contribution < -0.4 is 9.38 Å². The van der Waals surface area contributed by atoms with Gasteiger partial charge in [-0.2, -0.15) is 4.48 Å². The van der Waals surface area contributed by atoms with E-state index in [9.17, 15) is 32.2 Å². The molecule has 2 aliphatic rings. The quantitative estimate of drug-likeness (QED) is 0.371. The molecule has 0 aliphatic carbocycles. The molecule has 1 amide bonds. The number of carboxylic acids is 1. The first kappa shape index (κ1) is 22.9. The SMILES string of the molecule is N#C[N+]1(c2ccc(N3C[C@@H](CCS(=O)(=O)[O-])OC3=O)cc2F)CCC(CC(=O)O)CC1. The van der Waals surface area contributed by atoms with E-state index in [4.69, 9.17) is 9.84 Å². The Labute approximate surface area is 178 Å². The van der Waals surface area contributed by atoms with Gasteiger partial charge in [-0.25, -0.2) is 17.6 Å². The molecule has 31 heavy (non-hydrogen) atoms. The van der Waals surface area contributed by atoms with E-state index >= 15 is 0 Å². The number of halogens is 1. The Morgan fingerprint density at radius 1 is 1.39 bits per heavy atom. The number of piperidine rings is 1. The summed E-state index contributed by atoms with van der Waals surface area (Å²) in [6, 6.07) is 4.02. The Morgan fingerprint density at radius 3 is 2.61 bits per heavy atom. The van der Waals surface area contributed by atoms with Gasteiger partial charge < -0.3 is 14.4 Å². The van der Waals surface area contributed by atoms with E-state index < -0.39 is 39.9 Å². The summed E-state index contributed by atoms with van der Waals surface area (Å²) < 4.78 is 52.1. The van der Waals surface area contributed by atoms with Crippen molar-refractivity contribution in [2.75, 3.05) is 30.3 Å². The number of nitrogens with zero attached hydrogens (tertiary/aromatic N) is 3. The minimum absolute atomic E-state index is 0.0126. The standard InChI is InChI=1S/C19H22FN3O7S/c20-16-10-14(22-11-15(30-19(22)26)5-8-31(27,28)29)1-2-17(16)23(12-21)6-3-13(4-7-23)9-18(24)25/h1-2,10,13,15H,3-9,11H2,(H-,24,25,27,28,29)/t13?,15-,23?/m1/s1. The summed E-state index contributed by atoms with van der Waals surface area (Å²) in [4.78, 5) is 24.2. The molecule has 0 saturated carbocycles. The van der Waals surface area contributed by atoms with Gasteiger partial charge in [0.25, 0.3) is 0 Å². The van der Waals surface area contributed by atoms with Gasteiger partial charge >= 0.3 is 18.3 Å². The second kappa shape index (κ2) is 8.78. The number of rotatable bonds is 7. The normalized spacial score (nSPS) is 26.4. The highest BCUT2D eigenvalue weighted by atomic mass is 32.2. The average molecular weight is 455 g/mol. The predicted octanol–water partition coefficient (Wildman–Crippen LogP) is 1.76. The van der Waals surface area contributed by atoms with Crippen molar-refractivity contribution < 1.29 is 36.8 Å². The topological polar surface area (TPSA) is 148 Å². The average Bonchev–Trinajstić information content (AvgIpc) is 3.07. The van der Waals surface area contributed by atoms with Crippen molar-refractivity contribution >= 4 is 33.6 Å². The summed E-state index contributed by atoms with van der Waals surface area (Å²) in [7, 11) is -4.44. The largest absolute Gasteiger partial charge is 0.748 e. The molecule has 2 heterocycles. The number of likely N-dealkylation sites (tertiary alicyclic amines) is 1. The maximum Gasteiger partial charge on any atom is 0.414 e. The lowest BCUT2D eigenvalue weighted by Gasteiger charge is -2.36. The van der Waals surface area contributed by atoms with E-state index in [1.807, 2.05) is 0 Å². The van der Waals surface area contributed by atoms with E-state index in [1.54, 1.807) is 0 Å². The van der Waals surface area contributed by atoms with Gasteiger partial charge in [-0.15, -0.1) is 5.26 Å². The van der Waals surface area contributed by atoms with Gasteiger partial charge in [0, 0.05) is 37.1 Å². The molecular formula is C19H22FN3O7S. The molecule has 0 radical (unpaired) electrons. The van der Waals surface area contributed by atoms with Gasteiger partial charge in [0.05, 0.1) is 35.4 Å². The first-order valence-electron chi connectivity index (χ1n) is 9.75.